The Hall–Kier alpha value is -1.00. The lowest BCUT2D eigenvalue weighted by Crippen LogP contribution is -2.30. The van der Waals surface area contributed by atoms with E-state index in [4.69, 9.17) is 9.72 Å². The first kappa shape index (κ1) is 15.4. The maximum Gasteiger partial charge on any atom is 0.159 e. The molecular weight excluding hydrogens is 250 g/mol. The van der Waals surface area contributed by atoms with Crippen LogP contribution in [0.4, 0.5) is 0 Å². The molecule has 0 spiro atoms. The maximum atomic E-state index is 5.76. The highest BCUT2D eigenvalue weighted by molar-refractivity contribution is 5.25. The van der Waals surface area contributed by atoms with Gasteiger partial charge in [0.2, 0.25) is 0 Å². The molecule has 0 saturated heterocycles. The minimum atomic E-state index is -0.409. The Morgan fingerprint density at radius 1 is 1.40 bits per heavy atom. The average molecular weight is 277 g/mol. The van der Waals surface area contributed by atoms with E-state index >= 15 is 0 Å². The van der Waals surface area contributed by atoms with Crippen LogP contribution in [0.2, 0.25) is 0 Å². The van der Waals surface area contributed by atoms with Gasteiger partial charge in [0.05, 0.1) is 0 Å². The fourth-order valence-electron chi connectivity index (χ4n) is 2.79. The molecule has 0 bridgehead atoms. The number of aryl methyl sites for hydroxylation is 1. The lowest BCUT2D eigenvalue weighted by atomic mass is 9.92. The smallest absolute Gasteiger partial charge is 0.159 e. The summed E-state index contributed by atoms with van der Waals surface area (Å²) >= 11 is 0. The van der Waals surface area contributed by atoms with Crippen LogP contribution >= 0.6 is 0 Å². The maximum absolute atomic E-state index is 5.76. The van der Waals surface area contributed by atoms with Gasteiger partial charge in [-0.15, -0.1) is 0 Å². The van der Waals surface area contributed by atoms with Crippen LogP contribution in [0, 0.1) is 0 Å². The standard InChI is InChI=1S/C16H27N3O/c1-5-10-17-13-8-7-9-14-12(13)11-18-15(19-14)16(3,4)20-6-2/h11,13,17H,5-10H2,1-4H3. The van der Waals surface area contributed by atoms with Gasteiger partial charge in [0.25, 0.3) is 0 Å². The number of ether oxygens (including phenoxy) is 1. The molecule has 1 N–H and O–H groups in total. The number of rotatable bonds is 6. The Morgan fingerprint density at radius 3 is 2.90 bits per heavy atom. The molecule has 2 rings (SSSR count). The molecule has 1 unspecified atom stereocenters. The van der Waals surface area contributed by atoms with Gasteiger partial charge in [-0.2, -0.15) is 0 Å². The summed E-state index contributed by atoms with van der Waals surface area (Å²) in [5.41, 5.74) is 2.07. The largest absolute Gasteiger partial charge is 0.368 e. The molecule has 1 aromatic heterocycles. The third-order valence-electron chi connectivity index (χ3n) is 3.87. The minimum Gasteiger partial charge on any atom is -0.368 e. The molecule has 1 aliphatic rings. The van der Waals surface area contributed by atoms with E-state index in [-0.39, 0.29) is 0 Å². The summed E-state index contributed by atoms with van der Waals surface area (Å²) in [4.78, 5) is 9.35. The molecule has 1 heterocycles. The summed E-state index contributed by atoms with van der Waals surface area (Å²) in [5, 5.41) is 3.60. The molecule has 4 nitrogen and oxygen atoms in total. The molecule has 0 aromatic carbocycles. The van der Waals surface area contributed by atoms with Gasteiger partial charge in [-0.3, -0.25) is 0 Å². The summed E-state index contributed by atoms with van der Waals surface area (Å²) in [7, 11) is 0. The van der Waals surface area contributed by atoms with Crippen molar-refractivity contribution in [3.63, 3.8) is 0 Å². The van der Waals surface area contributed by atoms with Crippen molar-refractivity contribution in [1.29, 1.82) is 0 Å². The van der Waals surface area contributed by atoms with Crippen molar-refractivity contribution in [3.05, 3.63) is 23.3 Å². The first-order chi connectivity index (χ1) is 9.58. The third kappa shape index (κ3) is 3.36. The number of aromatic nitrogens is 2. The van der Waals surface area contributed by atoms with E-state index in [0.717, 1.165) is 25.2 Å². The topological polar surface area (TPSA) is 47.0 Å². The molecule has 1 aliphatic carbocycles. The first-order valence-corrected chi connectivity index (χ1v) is 7.82. The second-order valence-electron chi connectivity index (χ2n) is 5.94. The predicted molar refractivity (Wildman–Crippen MR) is 80.7 cm³/mol. The van der Waals surface area contributed by atoms with E-state index in [0.29, 0.717) is 12.6 Å². The Labute approximate surface area is 122 Å². The van der Waals surface area contributed by atoms with Crippen molar-refractivity contribution in [1.82, 2.24) is 15.3 Å². The van der Waals surface area contributed by atoms with E-state index in [1.807, 2.05) is 27.0 Å². The van der Waals surface area contributed by atoms with Crippen molar-refractivity contribution in [2.45, 2.75) is 65.0 Å². The second-order valence-corrected chi connectivity index (χ2v) is 5.94. The van der Waals surface area contributed by atoms with Gasteiger partial charge >= 0.3 is 0 Å². The minimum absolute atomic E-state index is 0.409. The number of fused-ring (bicyclic) bond motifs is 1. The Bertz CT molecular complexity index is 445. The zero-order chi connectivity index (χ0) is 14.6. The van der Waals surface area contributed by atoms with Crippen molar-refractivity contribution >= 4 is 0 Å². The fourth-order valence-corrected chi connectivity index (χ4v) is 2.79. The summed E-state index contributed by atoms with van der Waals surface area (Å²) < 4.78 is 5.76. The van der Waals surface area contributed by atoms with Gasteiger partial charge in [0.15, 0.2) is 5.82 Å². The van der Waals surface area contributed by atoms with Crippen LogP contribution < -0.4 is 5.32 Å². The molecule has 112 valence electrons. The van der Waals surface area contributed by atoms with Gasteiger partial charge in [-0.1, -0.05) is 6.92 Å². The zero-order valence-corrected chi connectivity index (χ0v) is 13.2. The van der Waals surface area contributed by atoms with Gasteiger partial charge in [0, 0.05) is 30.1 Å². The summed E-state index contributed by atoms with van der Waals surface area (Å²) in [6, 6.07) is 0.419. The molecule has 0 fully saturated rings. The lowest BCUT2D eigenvalue weighted by molar-refractivity contribution is -0.0210. The third-order valence-corrected chi connectivity index (χ3v) is 3.87. The Morgan fingerprint density at radius 2 is 2.20 bits per heavy atom. The van der Waals surface area contributed by atoms with Crippen LogP contribution in [0.1, 0.15) is 70.1 Å². The SMILES string of the molecule is CCCNC1CCCc2nc(C(C)(C)OCC)ncc21. The highest BCUT2D eigenvalue weighted by Crippen LogP contribution is 2.30. The molecule has 1 aromatic rings. The fraction of sp³-hybridized carbons (Fsp3) is 0.750. The van der Waals surface area contributed by atoms with Crippen molar-refractivity contribution in [3.8, 4) is 0 Å². The normalized spacial score (nSPS) is 18.9. The molecule has 1 atom stereocenters. The van der Waals surface area contributed by atoms with Gasteiger partial charge in [-0.05, 0) is 53.0 Å². The quantitative estimate of drug-likeness (QED) is 0.868. The summed E-state index contributed by atoms with van der Waals surface area (Å²) in [6.07, 6.45) is 6.59. The predicted octanol–water partition coefficient (Wildman–Crippen LogP) is 3.13. The average Bonchev–Trinajstić information content (AvgIpc) is 2.44. The molecule has 0 saturated carbocycles. The first-order valence-electron chi connectivity index (χ1n) is 7.82. The number of hydrogen-bond donors (Lipinski definition) is 1. The van der Waals surface area contributed by atoms with Gasteiger partial charge in [-0.25, -0.2) is 9.97 Å². The van der Waals surface area contributed by atoms with E-state index in [2.05, 4.69) is 17.2 Å². The molecule has 0 amide bonds. The van der Waals surface area contributed by atoms with Crippen LogP contribution in [0.5, 0.6) is 0 Å². The lowest BCUT2D eigenvalue weighted by Gasteiger charge is -2.28. The van der Waals surface area contributed by atoms with E-state index < -0.39 is 5.60 Å². The number of nitrogens with one attached hydrogen (secondary N) is 1. The van der Waals surface area contributed by atoms with E-state index in [1.165, 1.54) is 24.1 Å². The van der Waals surface area contributed by atoms with E-state index in [1.54, 1.807) is 0 Å². The molecule has 0 radical (unpaired) electrons. The van der Waals surface area contributed by atoms with Crippen LogP contribution in [0.25, 0.3) is 0 Å². The van der Waals surface area contributed by atoms with Crippen LogP contribution in [-0.2, 0) is 16.8 Å². The Kier molecular flexibility index (Phi) is 5.11. The van der Waals surface area contributed by atoms with E-state index in [9.17, 15) is 0 Å². The summed E-state index contributed by atoms with van der Waals surface area (Å²) in [6.45, 7) is 10.00. The van der Waals surface area contributed by atoms with Crippen LogP contribution in [0.15, 0.2) is 6.20 Å². The van der Waals surface area contributed by atoms with Crippen LogP contribution in [-0.4, -0.2) is 23.1 Å². The monoisotopic (exact) mass is 277 g/mol. The molecular formula is C16H27N3O. The molecule has 0 aliphatic heterocycles. The highest BCUT2D eigenvalue weighted by Gasteiger charge is 2.28. The van der Waals surface area contributed by atoms with Crippen molar-refractivity contribution in [2.24, 2.45) is 0 Å². The number of hydrogen-bond acceptors (Lipinski definition) is 4. The number of nitrogens with zero attached hydrogens (tertiary/aromatic N) is 2. The van der Waals surface area contributed by atoms with Crippen molar-refractivity contribution in [2.75, 3.05) is 13.2 Å². The van der Waals surface area contributed by atoms with Crippen LogP contribution in [0.3, 0.4) is 0 Å². The molecule has 4 heteroatoms. The van der Waals surface area contributed by atoms with Gasteiger partial charge in [0.1, 0.15) is 5.60 Å². The van der Waals surface area contributed by atoms with Gasteiger partial charge < -0.3 is 10.1 Å². The summed E-state index contributed by atoms with van der Waals surface area (Å²) in [5.74, 6) is 0.800. The van der Waals surface area contributed by atoms with Crippen molar-refractivity contribution < 1.29 is 4.74 Å². The second kappa shape index (κ2) is 6.64. The highest BCUT2D eigenvalue weighted by atomic mass is 16.5. The Balaban J connectivity index is 2.23. The molecule has 20 heavy (non-hydrogen) atoms. The zero-order valence-electron chi connectivity index (χ0n) is 13.2.